The van der Waals surface area contributed by atoms with E-state index in [4.69, 9.17) is 4.74 Å². The van der Waals surface area contributed by atoms with Gasteiger partial charge in [0, 0.05) is 18.3 Å². The van der Waals surface area contributed by atoms with Crippen molar-refractivity contribution in [1.29, 1.82) is 0 Å². The number of aromatic nitrogens is 1. The van der Waals surface area contributed by atoms with Gasteiger partial charge in [0.1, 0.15) is 22.4 Å². The molecule has 1 aromatic heterocycles. The summed E-state index contributed by atoms with van der Waals surface area (Å²) >= 11 is 1.17. The number of para-hydroxylation sites is 1. The third kappa shape index (κ3) is 4.64. The maximum absolute atomic E-state index is 13.8. The minimum atomic E-state index is -0.641. The van der Waals surface area contributed by atoms with E-state index in [2.05, 4.69) is 10.3 Å². The third-order valence-electron chi connectivity index (χ3n) is 3.54. The number of rotatable bonds is 7. The number of nitrogens with zero attached hydrogens (tertiary/aromatic N) is 1. The summed E-state index contributed by atoms with van der Waals surface area (Å²) in [6.45, 7) is 0.284. The molecule has 4 nitrogen and oxygen atoms in total. The molecule has 0 aliphatic heterocycles. The molecular formula is C19H16F2N2O2S. The van der Waals surface area contributed by atoms with Gasteiger partial charge in [0.15, 0.2) is 6.61 Å². The number of carbonyl (C=O) groups is 1. The van der Waals surface area contributed by atoms with Crippen LogP contribution in [0.5, 0.6) is 5.75 Å². The topological polar surface area (TPSA) is 51.2 Å². The van der Waals surface area contributed by atoms with E-state index in [1.165, 1.54) is 29.5 Å². The third-order valence-corrected chi connectivity index (χ3v) is 4.45. The van der Waals surface area contributed by atoms with Gasteiger partial charge in [-0.05, 0) is 24.3 Å². The zero-order valence-electron chi connectivity index (χ0n) is 13.7. The molecule has 1 N–H and O–H groups in total. The van der Waals surface area contributed by atoms with Crippen LogP contribution in [0.2, 0.25) is 0 Å². The molecule has 0 radical (unpaired) electrons. The van der Waals surface area contributed by atoms with Crippen molar-refractivity contribution in [2.45, 2.75) is 6.42 Å². The highest BCUT2D eigenvalue weighted by molar-refractivity contribution is 7.13. The average molecular weight is 374 g/mol. The molecule has 0 aliphatic carbocycles. The van der Waals surface area contributed by atoms with Crippen molar-refractivity contribution in [3.63, 3.8) is 0 Å². The largest absolute Gasteiger partial charge is 0.484 e. The monoisotopic (exact) mass is 374 g/mol. The molecule has 3 rings (SSSR count). The van der Waals surface area contributed by atoms with E-state index in [-0.39, 0.29) is 23.1 Å². The lowest BCUT2D eigenvalue weighted by Crippen LogP contribution is -2.30. The lowest BCUT2D eigenvalue weighted by molar-refractivity contribution is -0.123. The Morgan fingerprint density at radius 1 is 1.08 bits per heavy atom. The van der Waals surface area contributed by atoms with E-state index in [1.54, 1.807) is 17.5 Å². The summed E-state index contributed by atoms with van der Waals surface area (Å²) in [5.41, 5.74) is 0.543. The summed E-state index contributed by atoms with van der Waals surface area (Å²) in [5, 5.41) is 4.74. The van der Waals surface area contributed by atoms with Gasteiger partial charge in [0.2, 0.25) is 0 Å². The second-order valence-corrected chi connectivity index (χ2v) is 6.30. The standard InChI is InChI=1S/C19H16F2N2O2S/c20-15-7-4-8-16(21)18(15)19-23-13(12-26-19)9-10-22-17(24)11-25-14-5-2-1-3-6-14/h1-8,12H,9-11H2,(H,22,24). The second kappa shape index (κ2) is 8.53. The molecular weight excluding hydrogens is 358 g/mol. The lowest BCUT2D eigenvalue weighted by Gasteiger charge is -2.06. The summed E-state index contributed by atoms with van der Waals surface area (Å²) in [7, 11) is 0. The Bertz CT molecular complexity index is 864. The van der Waals surface area contributed by atoms with Crippen LogP contribution in [-0.4, -0.2) is 24.0 Å². The number of halogens is 2. The van der Waals surface area contributed by atoms with Crippen molar-refractivity contribution in [1.82, 2.24) is 10.3 Å². The smallest absolute Gasteiger partial charge is 0.257 e. The molecule has 0 saturated heterocycles. The average Bonchev–Trinajstić information content (AvgIpc) is 3.09. The van der Waals surface area contributed by atoms with Gasteiger partial charge in [-0.3, -0.25) is 4.79 Å². The summed E-state index contributed by atoms with van der Waals surface area (Å²) in [6, 6.07) is 12.8. The molecule has 1 amide bonds. The number of carbonyl (C=O) groups excluding carboxylic acids is 1. The molecule has 0 spiro atoms. The molecule has 1 heterocycles. The molecule has 0 saturated carbocycles. The van der Waals surface area contributed by atoms with Crippen molar-refractivity contribution in [2.24, 2.45) is 0 Å². The van der Waals surface area contributed by atoms with Crippen LogP contribution in [-0.2, 0) is 11.2 Å². The Morgan fingerprint density at radius 2 is 1.81 bits per heavy atom. The molecule has 7 heteroatoms. The Kier molecular flexibility index (Phi) is 5.91. The van der Waals surface area contributed by atoms with Crippen LogP contribution < -0.4 is 10.1 Å². The van der Waals surface area contributed by atoms with E-state index in [1.807, 2.05) is 18.2 Å². The molecule has 2 aromatic carbocycles. The number of nitrogens with one attached hydrogen (secondary N) is 1. The lowest BCUT2D eigenvalue weighted by atomic mass is 10.2. The summed E-state index contributed by atoms with van der Waals surface area (Å²) in [4.78, 5) is 16.0. The first-order chi connectivity index (χ1) is 12.6. The zero-order valence-corrected chi connectivity index (χ0v) is 14.6. The maximum Gasteiger partial charge on any atom is 0.257 e. The number of hydrogen-bond donors (Lipinski definition) is 1. The predicted octanol–water partition coefficient (Wildman–Crippen LogP) is 3.83. The number of thiazole rings is 1. The number of hydrogen-bond acceptors (Lipinski definition) is 4. The van der Waals surface area contributed by atoms with Crippen LogP contribution in [0.25, 0.3) is 10.6 Å². The second-order valence-electron chi connectivity index (χ2n) is 5.44. The van der Waals surface area contributed by atoms with E-state index >= 15 is 0 Å². The molecule has 0 unspecified atom stereocenters. The van der Waals surface area contributed by atoms with E-state index in [0.29, 0.717) is 24.4 Å². The molecule has 0 fully saturated rings. The normalized spacial score (nSPS) is 10.5. The Hall–Kier alpha value is -2.80. The fraction of sp³-hybridized carbons (Fsp3) is 0.158. The van der Waals surface area contributed by atoms with E-state index in [9.17, 15) is 13.6 Å². The van der Waals surface area contributed by atoms with Crippen LogP contribution in [0, 0.1) is 11.6 Å². The van der Waals surface area contributed by atoms with Crippen molar-refractivity contribution in [3.8, 4) is 16.3 Å². The maximum atomic E-state index is 13.8. The van der Waals surface area contributed by atoms with Gasteiger partial charge in [0.25, 0.3) is 5.91 Å². The zero-order chi connectivity index (χ0) is 18.4. The Labute approximate surface area is 153 Å². The Morgan fingerprint density at radius 3 is 2.54 bits per heavy atom. The summed E-state index contributed by atoms with van der Waals surface area (Å²) < 4.78 is 32.9. The van der Waals surface area contributed by atoms with Gasteiger partial charge in [-0.15, -0.1) is 11.3 Å². The SMILES string of the molecule is O=C(COc1ccccc1)NCCc1csc(-c2c(F)cccc2F)n1. The number of amides is 1. The van der Waals surface area contributed by atoms with Gasteiger partial charge in [-0.1, -0.05) is 24.3 Å². The first-order valence-electron chi connectivity index (χ1n) is 7.97. The van der Waals surface area contributed by atoms with Crippen molar-refractivity contribution in [2.75, 3.05) is 13.2 Å². The molecule has 0 atom stereocenters. The number of benzene rings is 2. The van der Waals surface area contributed by atoms with Crippen LogP contribution in [0.15, 0.2) is 53.9 Å². The van der Waals surface area contributed by atoms with Gasteiger partial charge >= 0.3 is 0 Å². The van der Waals surface area contributed by atoms with Gasteiger partial charge < -0.3 is 10.1 Å². The minimum absolute atomic E-state index is 0.0766. The van der Waals surface area contributed by atoms with E-state index in [0.717, 1.165) is 0 Å². The fourth-order valence-electron chi connectivity index (χ4n) is 2.29. The van der Waals surface area contributed by atoms with Gasteiger partial charge in [-0.2, -0.15) is 0 Å². The van der Waals surface area contributed by atoms with Crippen LogP contribution >= 0.6 is 11.3 Å². The van der Waals surface area contributed by atoms with Crippen molar-refractivity contribution < 1.29 is 18.3 Å². The fourth-order valence-corrected chi connectivity index (χ4v) is 3.19. The molecule has 26 heavy (non-hydrogen) atoms. The molecule has 0 aliphatic rings. The molecule has 3 aromatic rings. The highest BCUT2D eigenvalue weighted by atomic mass is 32.1. The summed E-state index contributed by atoms with van der Waals surface area (Å²) in [5.74, 6) is -0.905. The van der Waals surface area contributed by atoms with Gasteiger partial charge in [0.05, 0.1) is 11.3 Å². The quantitative estimate of drug-likeness (QED) is 0.684. The predicted molar refractivity (Wildman–Crippen MR) is 96.1 cm³/mol. The molecule has 134 valence electrons. The summed E-state index contributed by atoms with van der Waals surface area (Å²) in [6.07, 6.45) is 0.462. The number of ether oxygens (including phenoxy) is 1. The van der Waals surface area contributed by atoms with Crippen LogP contribution in [0.1, 0.15) is 5.69 Å². The van der Waals surface area contributed by atoms with Crippen molar-refractivity contribution >= 4 is 17.2 Å². The minimum Gasteiger partial charge on any atom is -0.484 e. The Balaban J connectivity index is 1.48. The highest BCUT2D eigenvalue weighted by Crippen LogP contribution is 2.28. The van der Waals surface area contributed by atoms with Gasteiger partial charge in [-0.25, -0.2) is 13.8 Å². The first-order valence-corrected chi connectivity index (χ1v) is 8.85. The van der Waals surface area contributed by atoms with E-state index < -0.39 is 11.6 Å². The first kappa shape index (κ1) is 18.0. The van der Waals surface area contributed by atoms with Crippen molar-refractivity contribution in [3.05, 3.63) is 71.2 Å². The highest BCUT2D eigenvalue weighted by Gasteiger charge is 2.14. The van der Waals surface area contributed by atoms with Crippen LogP contribution in [0.4, 0.5) is 8.78 Å². The van der Waals surface area contributed by atoms with Crippen LogP contribution in [0.3, 0.4) is 0 Å². The molecule has 0 bridgehead atoms.